The number of nitrogens with one attached hydrogen (secondary N) is 4. The molecule has 0 spiro atoms. The second-order valence-corrected chi connectivity index (χ2v) is 6.10. The van der Waals surface area contributed by atoms with Gasteiger partial charge in [0, 0.05) is 12.6 Å². The van der Waals surface area contributed by atoms with Crippen molar-refractivity contribution in [2.24, 2.45) is 0 Å². The van der Waals surface area contributed by atoms with E-state index in [4.69, 9.17) is 5.11 Å². The molecule has 2 unspecified atom stereocenters. The lowest BCUT2D eigenvalue weighted by molar-refractivity contribution is -0.130. The summed E-state index contributed by atoms with van der Waals surface area (Å²) in [5.41, 5.74) is 0. The Kier molecular flexibility index (Phi) is 11.1. The average Bonchev–Trinajstić information content (AvgIpc) is 2.98. The third-order valence-corrected chi connectivity index (χ3v) is 3.64. The third kappa shape index (κ3) is 8.93. The van der Waals surface area contributed by atoms with Crippen LogP contribution >= 0.6 is 12.4 Å². The topological polar surface area (TPSA) is 120 Å². The second kappa shape index (κ2) is 11.9. The molecule has 0 aromatic carbocycles. The van der Waals surface area contributed by atoms with E-state index in [1.165, 1.54) is 0 Å². The van der Waals surface area contributed by atoms with Crippen molar-refractivity contribution in [3.63, 3.8) is 0 Å². The normalized spacial score (nSPS) is 17.7. The Bertz CT molecular complexity index is 414. The molecule has 140 valence electrons. The number of hydrogen-bond acceptors (Lipinski definition) is 4. The number of halogens is 1. The highest BCUT2D eigenvalue weighted by Gasteiger charge is 2.27. The van der Waals surface area contributed by atoms with Crippen LogP contribution in [-0.2, 0) is 9.59 Å². The Morgan fingerprint density at radius 2 is 1.92 bits per heavy atom. The number of amides is 3. The quantitative estimate of drug-likeness (QED) is 0.384. The second-order valence-electron chi connectivity index (χ2n) is 6.10. The van der Waals surface area contributed by atoms with E-state index in [1.54, 1.807) is 0 Å². The fourth-order valence-corrected chi connectivity index (χ4v) is 2.50. The van der Waals surface area contributed by atoms with Crippen LogP contribution in [0.15, 0.2) is 0 Å². The van der Waals surface area contributed by atoms with Crippen LogP contribution in [0.4, 0.5) is 4.79 Å². The van der Waals surface area contributed by atoms with Gasteiger partial charge in [0.1, 0.15) is 6.04 Å². The summed E-state index contributed by atoms with van der Waals surface area (Å²) in [5, 5.41) is 19.5. The van der Waals surface area contributed by atoms with Crippen molar-refractivity contribution in [1.82, 2.24) is 21.3 Å². The van der Waals surface area contributed by atoms with Crippen LogP contribution in [0.5, 0.6) is 0 Å². The summed E-state index contributed by atoms with van der Waals surface area (Å²) in [6.45, 7) is 4.89. The van der Waals surface area contributed by atoms with E-state index in [9.17, 15) is 14.4 Å². The smallest absolute Gasteiger partial charge is 0.404 e. The molecule has 0 bridgehead atoms. The Morgan fingerprint density at radius 3 is 2.46 bits per heavy atom. The van der Waals surface area contributed by atoms with Gasteiger partial charge < -0.3 is 26.4 Å². The van der Waals surface area contributed by atoms with Gasteiger partial charge >= 0.3 is 6.09 Å². The summed E-state index contributed by atoms with van der Waals surface area (Å²) >= 11 is 0. The first-order valence-corrected chi connectivity index (χ1v) is 8.21. The van der Waals surface area contributed by atoms with Gasteiger partial charge in [0.25, 0.3) is 0 Å². The van der Waals surface area contributed by atoms with E-state index in [1.807, 2.05) is 13.8 Å². The van der Waals surface area contributed by atoms with Crippen LogP contribution in [0.2, 0.25) is 0 Å². The van der Waals surface area contributed by atoms with Crippen molar-refractivity contribution in [3.8, 4) is 0 Å². The maximum Gasteiger partial charge on any atom is 0.404 e. The molecule has 1 fully saturated rings. The molecule has 1 rings (SSSR count). The molecule has 0 aromatic rings. The molecular formula is C15H29ClN4O4. The van der Waals surface area contributed by atoms with Crippen molar-refractivity contribution < 1.29 is 19.5 Å². The van der Waals surface area contributed by atoms with Crippen molar-refractivity contribution in [1.29, 1.82) is 0 Å². The average molecular weight is 365 g/mol. The van der Waals surface area contributed by atoms with E-state index in [2.05, 4.69) is 21.3 Å². The third-order valence-electron chi connectivity index (χ3n) is 3.64. The number of carboxylic acid groups (broad SMARTS) is 1. The standard InChI is InChI=1S/C15H28N4O4.ClH/c1-10(2)18-14(21)12(6-3-4-8-17-15(22)23)19-13(20)11-7-5-9-16-11;/h10-12,16-17H,3-9H2,1-2H3,(H,18,21)(H,19,20)(H,22,23);1H. The Balaban J connectivity index is 0.00000529. The van der Waals surface area contributed by atoms with Gasteiger partial charge in [-0.25, -0.2) is 4.79 Å². The fraction of sp³-hybridized carbons (Fsp3) is 0.800. The lowest BCUT2D eigenvalue weighted by Gasteiger charge is -2.21. The monoisotopic (exact) mass is 364 g/mol. The number of carbonyl (C=O) groups excluding carboxylic acids is 2. The van der Waals surface area contributed by atoms with Crippen LogP contribution in [0, 0.1) is 0 Å². The molecule has 24 heavy (non-hydrogen) atoms. The maximum absolute atomic E-state index is 12.2. The predicted octanol–water partition coefficient (Wildman–Crippen LogP) is 0.608. The largest absolute Gasteiger partial charge is 0.465 e. The van der Waals surface area contributed by atoms with Crippen molar-refractivity contribution in [2.45, 2.75) is 64.1 Å². The van der Waals surface area contributed by atoms with E-state index in [0.717, 1.165) is 19.4 Å². The van der Waals surface area contributed by atoms with Gasteiger partial charge in [-0.05, 0) is 52.5 Å². The van der Waals surface area contributed by atoms with E-state index in [0.29, 0.717) is 25.8 Å². The molecule has 1 aliphatic rings. The summed E-state index contributed by atoms with van der Waals surface area (Å²) in [6.07, 6.45) is 2.44. The van der Waals surface area contributed by atoms with Gasteiger partial charge in [-0.15, -0.1) is 12.4 Å². The molecule has 0 saturated carbocycles. The molecule has 1 saturated heterocycles. The Labute approximate surface area is 148 Å². The van der Waals surface area contributed by atoms with Crippen LogP contribution < -0.4 is 21.3 Å². The molecule has 0 radical (unpaired) electrons. The summed E-state index contributed by atoms with van der Waals surface area (Å²) in [4.78, 5) is 34.8. The number of rotatable bonds is 9. The maximum atomic E-state index is 12.2. The van der Waals surface area contributed by atoms with Gasteiger partial charge in [-0.2, -0.15) is 0 Å². The summed E-state index contributed by atoms with van der Waals surface area (Å²) in [5.74, 6) is -0.340. The zero-order valence-electron chi connectivity index (χ0n) is 14.3. The van der Waals surface area contributed by atoms with Crippen molar-refractivity contribution in [2.75, 3.05) is 13.1 Å². The number of unbranched alkanes of at least 4 members (excludes halogenated alkanes) is 1. The van der Waals surface area contributed by atoms with Crippen LogP contribution in [0.3, 0.4) is 0 Å². The number of hydrogen-bond donors (Lipinski definition) is 5. The molecule has 0 aromatic heterocycles. The first kappa shape index (κ1) is 22.5. The summed E-state index contributed by atoms with van der Waals surface area (Å²) in [6, 6.07) is -0.810. The SMILES string of the molecule is CC(C)NC(=O)C(CCCCNC(=O)O)NC(=O)C1CCCN1.Cl. The van der Waals surface area contributed by atoms with Gasteiger partial charge in [0.05, 0.1) is 6.04 Å². The van der Waals surface area contributed by atoms with E-state index < -0.39 is 12.1 Å². The summed E-state index contributed by atoms with van der Waals surface area (Å²) < 4.78 is 0. The highest BCUT2D eigenvalue weighted by Crippen LogP contribution is 2.07. The minimum absolute atomic E-state index is 0. The highest BCUT2D eigenvalue weighted by atomic mass is 35.5. The van der Waals surface area contributed by atoms with Crippen molar-refractivity contribution >= 4 is 30.3 Å². The zero-order valence-corrected chi connectivity index (χ0v) is 15.1. The van der Waals surface area contributed by atoms with E-state index >= 15 is 0 Å². The van der Waals surface area contributed by atoms with Gasteiger partial charge in [-0.1, -0.05) is 0 Å². The van der Waals surface area contributed by atoms with Crippen LogP contribution in [0.1, 0.15) is 46.0 Å². The van der Waals surface area contributed by atoms with E-state index in [-0.39, 0.29) is 36.3 Å². The van der Waals surface area contributed by atoms with Gasteiger partial charge in [-0.3, -0.25) is 9.59 Å². The number of carbonyl (C=O) groups is 3. The first-order valence-electron chi connectivity index (χ1n) is 8.21. The van der Waals surface area contributed by atoms with Crippen LogP contribution in [-0.4, -0.2) is 54.2 Å². The fourth-order valence-electron chi connectivity index (χ4n) is 2.50. The Hall–Kier alpha value is -1.54. The summed E-state index contributed by atoms with van der Waals surface area (Å²) in [7, 11) is 0. The molecule has 0 aliphatic carbocycles. The highest BCUT2D eigenvalue weighted by molar-refractivity contribution is 5.90. The minimum Gasteiger partial charge on any atom is -0.465 e. The lowest BCUT2D eigenvalue weighted by Crippen LogP contribution is -2.52. The Morgan fingerprint density at radius 1 is 1.21 bits per heavy atom. The molecule has 1 aliphatic heterocycles. The molecule has 5 N–H and O–H groups in total. The van der Waals surface area contributed by atoms with Gasteiger partial charge in [0.15, 0.2) is 0 Å². The zero-order chi connectivity index (χ0) is 17.2. The van der Waals surface area contributed by atoms with Crippen molar-refractivity contribution in [3.05, 3.63) is 0 Å². The molecule has 9 heteroatoms. The van der Waals surface area contributed by atoms with Crippen LogP contribution in [0.25, 0.3) is 0 Å². The first-order chi connectivity index (χ1) is 10.9. The molecular weight excluding hydrogens is 336 g/mol. The molecule has 8 nitrogen and oxygen atoms in total. The molecule has 1 heterocycles. The van der Waals surface area contributed by atoms with Gasteiger partial charge in [0.2, 0.25) is 11.8 Å². The lowest BCUT2D eigenvalue weighted by atomic mass is 10.1. The minimum atomic E-state index is -1.06. The molecule has 3 amide bonds. The molecule has 2 atom stereocenters. The predicted molar refractivity (Wildman–Crippen MR) is 93.4 cm³/mol.